The van der Waals surface area contributed by atoms with Gasteiger partial charge in [-0.15, -0.1) is 11.3 Å². The zero-order valence-electron chi connectivity index (χ0n) is 16.6. The number of methoxy groups -OCH3 is 1. The Morgan fingerprint density at radius 3 is 2.36 bits per heavy atom. The van der Waals surface area contributed by atoms with E-state index >= 15 is 0 Å². The molecule has 0 atom stereocenters. The minimum Gasteiger partial charge on any atom is -0.385 e. The number of rotatable bonds is 10. The van der Waals surface area contributed by atoms with Crippen LogP contribution in [0.25, 0.3) is 0 Å². The Kier molecular flexibility index (Phi) is 8.60. The molecule has 0 aliphatic heterocycles. The summed E-state index contributed by atoms with van der Waals surface area (Å²) in [6.45, 7) is 5.33. The number of amides is 2. The van der Waals surface area contributed by atoms with Crippen molar-refractivity contribution in [3.63, 3.8) is 0 Å². The number of hydrogen-bond donors (Lipinski definition) is 0. The molecule has 152 valence electrons. The van der Waals surface area contributed by atoms with E-state index in [0.29, 0.717) is 32.7 Å². The summed E-state index contributed by atoms with van der Waals surface area (Å²) in [4.78, 5) is 30.4. The Bertz CT molecular complexity index is 776. The van der Waals surface area contributed by atoms with Crippen molar-refractivity contribution >= 4 is 23.2 Å². The summed E-state index contributed by atoms with van der Waals surface area (Å²) in [5, 5.41) is 0. The van der Waals surface area contributed by atoms with Gasteiger partial charge in [0, 0.05) is 43.5 Å². The Labute approximate surface area is 169 Å². The molecule has 1 heterocycles. The van der Waals surface area contributed by atoms with Crippen molar-refractivity contribution in [3.05, 3.63) is 57.5 Å². The molecule has 7 heteroatoms. The number of benzene rings is 1. The van der Waals surface area contributed by atoms with E-state index in [1.165, 1.54) is 23.9 Å². The Hall–Kier alpha value is -2.25. The van der Waals surface area contributed by atoms with Gasteiger partial charge in [0.25, 0.3) is 0 Å². The fourth-order valence-corrected chi connectivity index (χ4v) is 3.72. The highest BCUT2D eigenvalue weighted by molar-refractivity contribution is 7.11. The molecule has 28 heavy (non-hydrogen) atoms. The van der Waals surface area contributed by atoms with Crippen molar-refractivity contribution in [1.82, 2.24) is 9.80 Å². The Morgan fingerprint density at radius 1 is 1.07 bits per heavy atom. The topological polar surface area (TPSA) is 49.9 Å². The molecule has 0 bridgehead atoms. The van der Waals surface area contributed by atoms with Gasteiger partial charge in [0.2, 0.25) is 11.8 Å². The second kappa shape index (κ2) is 10.9. The normalized spacial score (nSPS) is 10.7. The molecule has 0 saturated heterocycles. The first-order valence-electron chi connectivity index (χ1n) is 9.21. The third kappa shape index (κ3) is 7.05. The molecule has 0 fully saturated rings. The van der Waals surface area contributed by atoms with Crippen LogP contribution in [0.5, 0.6) is 0 Å². The predicted molar refractivity (Wildman–Crippen MR) is 108 cm³/mol. The maximum absolute atomic E-state index is 13.2. The van der Waals surface area contributed by atoms with Crippen molar-refractivity contribution in [2.75, 3.05) is 26.8 Å². The molecule has 0 radical (unpaired) electrons. The Morgan fingerprint density at radius 2 is 1.79 bits per heavy atom. The second-order valence-corrected chi connectivity index (χ2v) is 8.05. The molecule has 0 aliphatic carbocycles. The SMILES string of the molecule is COCCCN(CC(=O)N(Cc1ccc(F)cc1)Cc1ccc(C)s1)C(C)=O. The van der Waals surface area contributed by atoms with Crippen LogP contribution >= 0.6 is 11.3 Å². The van der Waals surface area contributed by atoms with Crippen molar-refractivity contribution < 1.29 is 18.7 Å². The number of halogens is 1. The van der Waals surface area contributed by atoms with Crippen molar-refractivity contribution in [1.29, 1.82) is 0 Å². The van der Waals surface area contributed by atoms with Crippen LogP contribution < -0.4 is 0 Å². The maximum atomic E-state index is 13.2. The molecule has 2 amide bonds. The summed E-state index contributed by atoms with van der Waals surface area (Å²) in [7, 11) is 1.61. The molecule has 2 aromatic rings. The van der Waals surface area contributed by atoms with E-state index < -0.39 is 0 Å². The zero-order valence-corrected chi connectivity index (χ0v) is 17.4. The van der Waals surface area contributed by atoms with Gasteiger partial charge in [-0.3, -0.25) is 9.59 Å². The molecule has 0 aliphatic rings. The molecule has 0 unspecified atom stereocenters. The lowest BCUT2D eigenvalue weighted by atomic mass is 10.2. The molecule has 0 spiro atoms. The van der Waals surface area contributed by atoms with Gasteiger partial charge >= 0.3 is 0 Å². The quantitative estimate of drug-likeness (QED) is 0.567. The number of carbonyl (C=O) groups is 2. The zero-order chi connectivity index (χ0) is 20.5. The van der Waals surface area contributed by atoms with Gasteiger partial charge < -0.3 is 14.5 Å². The van der Waals surface area contributed by atoms with E-state index in [-0.39, 0.29) is 24.2 Å². The lowest BCUT2D eigenvalue weighted by Gasteiger charge is -2.27. The molecular weight excluding hydrogens is 379 g/mol. The molecule has 2 rings (SSSR count). The third-order valence-electron chi connectivity index (χ3n) is 4.33. The van der Waals surface area contributed by atoms with Crippen LogP contribution in [0.3, 0.4) is 0 Å². The number of nitrogens with zero attached hydrogens (tertiary/aromatic N) is 2. The van der Waals surface area contributed by atoms with Gasteiger partial charge in [-0.25, -0.2) is 4.39 Å². The van der Waals surface area contributed by atoms with E-state index in [0.717, 1.165) is 10.4 Å². The van der Waals surface area contributed by atoms with Gasteiger partial charge in [-0.05, 0) is 43.2 Å². The van der Waals surface area contributed by atoms with Gasteiger partial charge in [-0.2, -0.15) is 0 Å². The summed E-state index contributed by atoms with van der Waals surface area (Å²) in [5.74, 6) is -0.586. The van der Waals surface area contributed by atoms with Gasteiger partial charge in [0.05, 0.1) is 13.1 Å². The Balaban J connectivity index is 2.12. The van der Waals surface area contributed by atoms with E-state index in [4.69, 9.17) is 4.74 Å². The number of aryl methyl sites for hydroxylation is 1. The molecular formula is C21H27FN2O3S. The van der Waals surface area contributed by atoms with Crippen molar-refractivity contribution in [2.24, 2.45) is 0 Å². The standard InChI is InChI=1S/C21H27FN2O3S/c1-16-5-10-20(28-16)14-24(13-18-6-8-19(22)9-7-18)21(26)15-23(17(2)25)11-4-12-27-3/h5-10H,4,11-15H2,1-3H3. The van der Waals surface area contributed by atoms with Crippen LogP contribution in [0.1, 0.15) is 28.7 Å². The van der Waals surface area contributed by atoms with Crippen molar-refractivity contribution in [3.8, 4) is 0 Å². The highest BCUT2D eigenvalue weighted by atomic mass is 32.1. The summed E-state index contributed by atoms with van der Waals surface area (Å²) >= 11 is 1.64. The number of ether oxygens (including phenoxy) is 1. The first-order chi connectivity index (χ1) is 13.4. The largest absolute Gasteiger partial charge is 0.385 e. The monoisotopic (exact) mass is 406 g/mol. The van der Waals surface area contributed by atoms with Crippen LogP contribution in [-0.4, -0.2) is 48.4 Å². The number of hydrogen-bond acceptors (Lipinski definition) is 4. The summed E-state index contributed by atoms with van der Waals surface area (Å²) in [5.41, 5.74) is 0.844. The summed E-state index contributed by atoms with van der Waals surface area (Å²) < 4.78 is 18.2. The average Bonchev–Trinajstić information content (AvgIpc) is 3.07. The molecule has 5 nitrogen and oxygen atoms in total. The summed E-state index contributed by atoms with van der Waals surface area (Å²) in [6, 6.07) is 10.2. The highest BCUT2D eigenvalue weighted by Crippen LogP contribution is 2.19. The van der Waals surface area contributed by atoms with E-state index in [2.05, 4.69) is 0 Å². The van der Waals surface area contributed by atoms with Crippen LogP contribution in [-0.2, 0) is 27.4 Å². The lowest BCUT2D eigenvalue weighted by Crippen LogP contribution is -2.42. The van der Waals surface area contributed by atoms with Gasteiger partial charge in [-0.1, -0.05) is 12.1 Å². The fraction of sp³-hybridized carbons (Fsp3) is 0.429. The molecule has 0 N–H and O–H groups in total. The van der Waals surface area contributed by atoms with Crippen LogP contribution in [0.4, 0.5) is 4.39 Å². The first kappa shape index (κ1) is 22.0. The molecule has 1 aromatic heterocycles. The van der Waals surface area contributed by atoms with Crippen LogP contribution in [0, 0.1) is 12.7 Å². The maximum Gasteiger partial charge on any atom is 0.242 e. The number of carbonyl (C=O) groups excluding carboxylic acids is 2. The molecule has 1 aromatic carbocycles. The van der Waals surface area contributed by atoms with Gasteiger partial charge in [0.1, 0.15) is 5.82 Å². The minimum absolute atomic E-state index is 0.0185. The van der Waals surface area contributed by atoms with Crippen LogP contribution in [0.2, 0.25) is 0 Å². The summed E-state index contributed by atoms with van der Waals surface area (Å²) in [6.07, 6.45) is 0.672. The highest BCUT2D eigenvalue weighted by Gasteiger charge is 2.20. The smallest absolute Gasteiger partial charge is 0.242 e. The second-order valence-electron chi connectivity index (χ2n) is 6.68. The van der Waals surface area contributed by atoms with E-state index in [1.807, 2.05) is 19.1 Å². The predicted octanol–water partition coefficient (Wildman–Crippen LogP) is 3.61. The number of thiophene rings is 1. The minimum atomic E-state index is -0.309. The fourth-order valence-electron chi connectivity index (χ4n) is 2.81. The first-order valence-corrected chi connectivity index (χ1v) is 10.0. The lowest BCUT2D eigenvalue weighted by molar-refractivity contribution is -0.140. The molecule has 0 saturated carbocycles. The third-order valence-corrected chi connectivity index (χ3v) is 5.32. The van der Waals surface area contributed by atoms with Crippen molar-refractivity contribution in [2.45, 2.75) is 33.4 Å². The van der Waals surface area contributed by atoms with Crippen LogP contribution in [0.15, 0.2) is 36.4 Å². The average molecular weight is 407 g/mol. The van der Waals surface area contributed by atoms with E-state index in [1.54, 1.807) is 40.4 Å². The van der Waals surface area contributed by atoms with Gasteiger partial charge in [0.15, 0.2) is 0 Å². The van der Waals surface area contributed by atoms with E-state index in [9.17, 15) is 14.0 Å².